The third-order valence-corrected chi connectivity index (χ3v) is 5.39. The monoisotopic (exact) mass is 386 g/mol. The van der Waals surface area contributed by atoms with E-state index in [-0.39, 0.29) is 24.5 Å². The minimum Gasteiger partial charge on any atom is -0.496 e. The quantitative estimate of drug-likeness (QED) is 0.675. The largest absolute Gasteiger partial charge is 0.496 e. The molecule has 2 amide bonds. The minimum atomic E-state index is -0.268. The Bertz CT molecular complexity index is 764. The molecule has 0 aromatic heterocycles. The lowest BCUT2D eigenvalue weighted by Gasteiger charge is -2.32. The van der Waals surface area contributed by atoms with Crippen LogP contribution in [0.4, 0.5) is 0 Å². The van der Waals surface area contributed by atoms with Gasteiger partial charge in [0, 0.05) is 18.7 Å². The Morgan fingerprint density at radius 1 is 1.11 bits per heavy atom. The number of methoxy groups -OCH3 is 1. The summed E-state index contributed by atoms with van der Waals surface area (Å²) in [6, 6.07) is 7.39. The molecule has 0 radical (unpaired) electrons. The Hall–Kier alpha value is -2.34. The second kappa shape index (κ2) is 8.78. The lowest BCUT2D eigenvalue weighted by molar-refractivity contribution is -0.138. The molecule has 1 fully saturated rings. The molecule has 0 aliphatic carbocycles. The van der Waals surface area contributed by atoms with E-state index in [1.165, 1.54) is 4.90 Å². The van der Waals surface area contributed by atoms with Crippen molar-refractivity contribution in [3.05, 3.63) is 35.5 Å². The number of piperidine rings is 1. The normalized spacial score (nSPS) is 18.6. The Balaban J connectivity index is 1.98. The Morgan fingerprint density at radius 3 is 2.43 bits per heavy atom. The van der Waals surface area contributed by atoms with Crippen LogP contribution >= 0.6 is 0 Å². The highest BCUT2D eigenvalue weighted by atomic mass is 16.5. The van der Waals surface area contributed by atoms with E-state index in [2.05, 4.69) is 11.8 Å². The van der Waals surface area contributed by atoms with Crippen LogP contribution in [0.15, 0.2) is 30.0 Å². The summed E-state index contributed by atoms with van der Waals surface area (Å²) in [4.78, 5) is 29.9. The molecule has 0 saturated carbocycles. The lowest BCUT2D eigenvalue weighted by atomic mass is 9.97. The molecule has 2 heterocycles. The zero-order chi connectivity index (χ0) is 20.3. The molecule has 0 atom stereocenters. The van der Waals surface area contributed by atoms with Gasteiger partial charge in [0.2, 0.25) is 0 Å². The van der Waals surface area contributed by atoms with Crippen molar-refractivity contribution in [3.8, 4) is 5.75 Å². The zero-order valence-electron chi connectivity index (χ0n) is 17.2. The molecule has 152 valence electrons. The molecule has 1 saturated heterocycles. The highest BCUT2D eigenvalue weighted by Gasteiger charge is 2.42. The molecule has 2 aliphatic heterocycles. The molecule has 3 rings (SSSR count). The van der Waals surface area contributed by atoms with Crippen LogP contribution in [0.25, 0.3) is 5.57 Å². The van der Waals surface area contributed by atoms with Gasteiger partial charge in [-0.15, -0.1) is 0 Å². The molecule has 6 heteroatoms. The summed E-state index contributed by atoms with van der Waals surface area (Å²) >= 11 is 0. The van der Waals surface area contributed by atoms with Crippen molar-refractivity contribution in [2.75, 3.05) is 33.4 Å². The van der Waals surface area contributed by atoms with Gasteiger partial charge in [0.1, 0.15) is 11.4 Å². The van der Waals surface area contributed by atoms with E-state index in [0.29, 0.717) is 35.1 Å². The fraction of sp³-hybridized carbons (Fsp3) is 0.545. The topological polar surface area (TPSA) is 59.1 Å². The lowest BCUT2D eigenvalue weighted by Crippen LogP contribution is -2.39. The first-order valence-electron chi connectivity index (χ1n) is 10.0. The van der Waals surface area contributed by atoms with Crippen LogP contribution in [0.5, 0.6) is 5.75 Å². The second-order valence-corrected chi connectivity index (χ2v) is 7.77. The summed E-state index contributed by atoms with van der Waals surface area (Å²) in [5.41, 5.74) is 1.62. The van der Waals surface area contributed by atoms with Crippen LogP contribution in [0.2, 0.25) is 0 Å². The van der Waals surface area contributed by atoms with Crippen molar-refractivity contribution < 1.29 is 19.1 Å². The van der Waals surface area contributed by atoms with Gasteiger partial charge in [-0.3, -0.25) is 14.5 Å². The average molecular weight is 386 g/mol. The van der Waals surface area contributed by atoms with E-state index in [1.807, 2.05) is 38.1 Å². The second-order valence-electron chi connectivity index (χ2n) is 7.77. The van der Waals surface area contributed by atoms with E-state index < -0.39 is 0 Å². The number of nitrogens with zero attached hydrogens (tertiary/aromatic N) is 2. The first-order valence-corrected chi connectivity index (χ1v) is 10.0. The van der Waals surface area contributed by atoms with Gasteiger partial charge < -0.3 is 14.4 Å². The van der Waals surface area contributed by atoms with Crippen LogP contribution < -0.4 is 4.74 Å². The van der Waals surface area contributed by atoms with Gasteiger partial charge in [-0.2, -0.15) is 0 Å². The number of imide groups is 1. The molecule has 0 bridgehead atoms. The van der Waals surface area contributed by atoms with E-state index in [4.69, 9.17) is 9.47 Å². The fourth-order valence-electron chi connectivity index (χ4n) is 3.77. The number of hydrogen-bond acceptors (Lipinski definition) is 5. The van der Waals surface area contributed by atoms with Gasteiger partial charge in [0.15, 0.2) is 0 Å². The van der Waals surface area contributed by atoms with Crippen LogP contribution in [0, 0.1) is 5.92 Å². The number of carbonyl (C=O) groups excluding carboxylic acids is 2. The third kappa shape index (κ3) is 4.07. The predicted molar refractivity (Wildman–Crippen MR) is 108 cm³/mol. The molecule has 6 nitrogen and oxygen atoms in total. The highest BCUT2D eigenvalue weighted by molar-refractivity contribution is 6.36. The van der Waals surface area contributed by atoms with Crippen molar-refractivity contribution in [1.29, 1.82) is 0 Å². The SMILES string of the molecule is COc1ccccc1C1=C(N2CCC(C)CC2)C(=O)N(CCOC(C)C)C1=O. The van der Waals surface area contributed by atoms with E-state index in [9.17, 15) is 9.59 Å². The van der Waals surface area contributed by atoms with Crippen LogP contribution in [-0.2, 0) is 14.3 Å². The zero-order valence-corrected chi connectivity index (χ0v) is 17.2. The summed E-state index contributed by atoms with van der Waals surface area (Å²) in [6.45, 7) is 8.25. The summed E-state index contributed by atoms with van der Waals surface area (Å²) in [5, 5.41) is 0. The summed E-state index contributed by atoms with van der Waals surface area (Å²) in [6.07, 6.45) is 2.08. The van der Waals surface area contributed by atoms with Gasteiger partial charge in [-0.25, -0.2) is 0 Å². The minimum absolute atomic E-state index is 0.0532. The predicted octanol–water partition coefficient (Wildman–Crippen LogP) is 2.93. The number of hydrogen-bond donors (Lipinski definition) is 0. The van der Waals surface area contributed by atoms with Gasteiger partial charge in [0.05, 0.1) is 31.9 Å². The molecule has 0 spiro atoms. The highest BCUT2D eigenvalue weighted by Crippen LogP contribution is 2.37. The van der Waals surface area contributed by atoms with Crippen LogP contribution in [0.1, 0.15) is 39.2 Å². The van der Waals surface area contributed by atoms with E-state index in [1.54, 1.807) is 7.11 Å². The molecular formula is C22H30N2O4. The number of amides is 2. The molecule has 28 heavy (non-hydrogen) atoms. The number of benzene rings is 1. The first kappa shape index (κ1) is 20.4. The van der Waals surface area contributed by atoms with Crippen molar-refractivity contribution in [3.63, 3.8) is 0 Å². The summed E-state index contributed by atoms with van der Waals surface area (Å²) in [7, 11) is 1.58. The van der Waals surface area contributed by atoms with Gasteiger partial charge >= 0.3 is 0 Å². The molecule has 0 N–H and O–H groups in total. The molecule has 0 unspecified atom stereocenters. The Kier molecular flexibility index (Phi) is 6.39. The third-order valence-electron chi connectivity index (χ3n) is 5.39. The average Bonchev–Trinajstić information content (AvgIpc) is 2.93. The van der Waals surface area contributed by atoms with E-state index >= 15 is 0 Å². The van der Waals surface area contributed by atoms with Crippen molar-refractivity contribution in [2.24, 2.45) is 5.92 Å². The molecular weight excluding hydrogens is 356 g/mol. The number of para-hydroxylation sites is 1. The summed E-state index contributed by atoms with van der Waals surface area (Å²) < 4.78 is 11.1. The number of ether oxygens (including phenoxy) is 2. The fourth-order valence-corrected chi connectivity index (χ4v) is 3.77. The first-order chi connectivity index (χ1) is 13.4. The smallest absolute Gasteiger partial charge is 0.277 e. The van der Waals surface area contributed by atoms with Gasteiger partial charge in [0.25, 0.3) is 11.8 Å². The number of rotatable bonds is 7. The van der Waals surface area contributed by atoms with Gasteiger partial charge in [-0.1, -0.05) is 25.1 Å². The van der Waals surface area contributed by atoms with Crippen molar-refractivity contribution >= 4 is 17.4 Å². The van der Waals surface area contributed by atoms with Crippen molar-refractivity contribution in [1.82, 2.24) is 9.80 Å². The number of likely N-dealkylation sites (tertiary alicyclic amines) is 1. The maximum Gasteiger partial charge on any atom is 0.277 e. The molecule has 1 aromatic rings. The van der Waals surface area contributed by atoms with Crippen LogP contribution in [0.3, 0.4) is 0 Å². The Labute approximate surface area is 167 Å². The standard InChI is InChI=1S/C22H30N2O4/c1-15(2)28-14-13-24-21(25)19(17-7-5-6-8-18(17)27-4)20(22(24)26)23-11-9-16(3)10-12-23/h5-8,15-16H,9-14H2,1-4H3. The van der Waals surface area contributed by atoms with Gasteiger partial charge in [-0.05, 0) is 38.7 Å². The molecule has 2 aliphatic rings. The Morgan fingerprint density at radius 2 is 1.79 bits per heavy atom. The maximum atomic E-state index is 13.3. The van der Waals surface area contributed by atoms with Crippen molar-refractivity contribution in [2.45, 2.75) is 39.7 Å². The van der Waals surface area contributed by atoms with Crippen LogP contribution in [-0.4, -0.2) is 61.1 Å². The molecule has 1 aromatic carbocycles. The maximum absolute atomic E-state index is 13.3. The summed E-state index contributed by atoms with van der Waals surface area (Å²) in [5.74, 6) is 0.736. The van der Waals surface area contributed by atoms with E-state index in [0.717, 1.165) is 25.9 Å². The number of carbonyl (C=O) groups is 2.